The average molecular weight is 388 g/mol. The Morgan fingerprint density at radius 3 is 2.08 bits per heavy atom. The first-order valence-electron chi connectivity index (χ1n) is 8.46. The molecule has 0 saturated carbocycles. The standard InChI is InChI=1S/C11H12O.C9H13.C2H7Si.Ti/c1-2-3-7-10-12-11-8-5-4-6-9-11;1-9(2,3)8-6-4-5-7-8;1-3-2;/h2-10H,1H3;6-7H,4H2,1-3H3;3H,1-2H3;/q;-1;;. The Balaban J connectivity index is 0. The van der Waals surface area contributed by atoms with Gasteiger partial charge in [-0.25, -0.2) is 6.08 Å². The molecule has 1 radical (unpaired) electrons. The molecule has 1 aromatic rings. The minimum absolute atomic E-state index is 0. The maximum absolute atomic E-state index is 5.28. The monoisotopic (exact) mass is 388 g/mol. The maximum Gasteiger partial charge on any atom is 0.126 e. The van der Waals surface area contributed by atoms with Gasteiger partial charge in [-0.05, 0) is 25.1 Å². The molecule has 0 unspecified atom stereocenters. The van der Waals surface area contributed by atoms with Gasteiger partial charge >= 0.3 is 0 Å². The van der Waals surface area contributed by atoms with E-state index in [9.17, 15) is 0 Å². The summed E-state index contributed by atoms with van der Waals surface area (Å²) in [5, 5.41) is 0. The number of hydrogen-bond donors (Lipinski definition) is 0. The molecule has 1 aliphatic carbocycles. The first kappa shape index (κ1) is 26.1. The Hall–Kier alpha value is -1.09. The predicted octanol–water partition coefficient (Wildman–Crippen LogP) is 6.39. The van der Waals surface area contributed by atoms with Crippen molar-refractivity contribution in [1.29, 1.82) is 0 Å². The van der Waals surface area contributed by atoms with Gasteiger partial charge in [0.25, 0.3) is 0 Å². The van der Waals surface area contributed by atoms with Crippen LogP contribution in [0.15, 0.2) is 72.5 Å². The van der Waals surface area contributed by atoms with Gasteiger partial charge in [0.2, 0.25) is 0 Å². The summed E-state index contributed by atoms with van der Waals surface area (Å²) >= 11 is 0. The van der Waals surface area contributed by atoms with Gasteiger partial charge < -0.3 is 4.74 Å². The van der Waals surface area contributed by atoms with Gasteiger partial charge in [-0.3, -0.25) is 6.08 Å². The molecule has 135 valence electrons. The molecule has 0 saturated heterocycles. The molecule has 0 aromatic heterocycles. The molecule has 0 aliphatic heterocycles. The third kappa shape index (κ3) is 14.9. The molecule has 0 amide bonds. The van der Waals surface area contributed by atoms with Crippen LogP contribution in [0.5, 0.6) is 5.75 Å². The van der Waals surface area contributed by atoms with Crippen LogP contribution in [0.1, 0.15) is 34.1 Å². The maximum atomic E-state index is 5.28. The second kappa shape index (κ2) is 16.4. The van der Waals surface area contributed by atoms with Crippen molar-refractivity contribution in [3.05, 3.63) is 78.6 Å². The van der Waals surface area contributed by atoms with Gasteiger partial charge in [-0.2, -0.15) is 11.6 Å². The third-order valence-electron chi connectivity index (χ3n) is 2.89. The zero-order chi connectivity index (χ0) is 18.3. The molecule has 0 heterocycles. The van der Waals surface area contributed by atoms with Crippen LogP contribution in [0, 0.1) is 11.5 Å². The molecule has 0 bridgehead atoms. The molecule has 1 aliphatic rings. The summed E-state index contributed by atoms with van der Waals surface area (Å²) in [5.41, 5.74) is 1.74. The zero-order valence-electron chi connectivity index (χ0n) is 16.5. The van der Waals surface area contributed by atoms with Crippen LogP contribution in [0.25, 0.3) is 0 Å². The number of allylic oxidation sites excluding steroid dienone is 7. The van der Waals surface area contributed by atoms with Crippen molar-refractivity contribution in [2.75, 3.05) is 0 Å². The molecule has 0 spiro atoms. The normalized spacial score (nSPS) is 12.6. The summed E-state index contributed by atoms with van der Waals surface area (Å²) in [6.07, 6.45) is 15.9. The average Bonchev–Trinajstić information content (AvgIpc) is 3.09. The molecule has 1 aromatic carbocycles. The van der Waals surface area contributed by atoms with E-state index >= 15 is 0 Å². The summed E-state index contributed by atoms with van der Waals surface area (Å²) in [7, 11) is 0.750. The van der Waals surface area contributed by atoms with Gasteiger partial charge in [-0.15, -0.1) is 6.42 Å². The van der Waals surface area contributed by atoms with Gasteiger partial charge in [0.1, 0.15) is 5.75 Å². The second-order valence-electron chi connectivity index (χ2n) is 6.32. The van der Waals surface area contributed by atoms with Gasteiger partial charge in [-0.1, -0.05) is 69.6 Å². The van der Waals surface area contributed by atoms with E-state index < -0.39 is 0 Å². The molecular weight excluding hydrogens is 356 g/mol. The van der Waals surface area contributed by atoms with Crippen LogP contribution in [0.2, 0.25) is 13.1 Å². The fraction of sp³-hybridized carbons (Fsp3) is 0.364. The molecule has 2 rings (SSSR count). The molecule has 0 atom stereocenters. The Kier molecular flexibility index (Phi) is 17.1. The minimum Gasteiger partial charge on any atom is -0.465 e. The van der Waals surface area contributed by atoms with Crippen molar-refractivity contribution in [3.63, 3.8) is 0 Å². The predicted molar refractivity (Wildman–Crippen MR) is 110 cm³/mol. The van der Waals surface area contributed by atoms with Crippen molar-refractivity contribution >= 4 is 9.52 Å². The van der Waals surface area contributed by atoms with Crippen LogP contribution in [0.4, 0.5) is 0 Å². The van der Waals surface area contributed by atoms with Crippen molar-refractivity contribution < 1.29 is 26.5 Å². The Bertz CT molecular complexity index is 537. The largest absolute Gasteiger partial charge is 0.465 e. The van der Waals surface area contributed by atoms with Crippen molar-refractivity contribution in [1.82, 2.24) is 0 Å². The van der Waals surface area contributed by atoms with E-state index in [1.54, 1.807) is 6.26 Å². The fourth-order valence-electron chi connectivity index (χ4n) is 1.69. The molecule has 0 N–H and O–H groups in total. The number of benzene rings is 1. The molecule has 1 nitrogen and oxygen atoms in total. The van der Waals surface area contributed by atoms with Crippen LogP contribution in [0.3, 0.4) is 0 Å². The van der Waals surface area contributed by atoms with E-state index in [0.29, 0.717) is 5.41 Å². The van der Waals surface area contributed by atoms with Crippen LogP contribution >= 0.6 is 0 Å². The quantitative estimate of drug-likeness (QED) is 0.252. The van der Waals surface area contributed by atoms with Gasteiger partial charge in [0.05, 0.1) is 6.26 Å². The second-order valence-corrected chi connectivity index (χ2v) is 7.48. The number of ether oxygens (including phenoxy) is 1. The fourth-order valence-corrected chi connectivity index (χ4v) is 1.69. The number of hydrogen-bond acceptors (Lipinski definition) is 1. The van der Waals surface area contributed by atoms with E-state index in [0.717, 1.165) is 21.7 Å². The molecule has 3 heteroatoms. The van der Waals surface area contributed by atoms with Crippen molar-refractivity contribution in [3.8, 4) is 5.75 Å². The summed E-state index contributed by atoms with van der Waals surface area (Å²) in [4.78, 5) is 0. The van der Waals surface area contributed by atoms with Crippen LogP contribution < -0.4 is 4.74 Å². The molecule has 25 heavy (non-hydrogen) atoms. The number of para-hydroxylation sites is 1. The molecular formula is C22H32OSiTi-. The Morgan fingerprint density at radius 1 is 1.08 bits per heavy atom. The summed E-state index contributed by atoms with van der Waals surface area (Å²) in [6, 6.07) is 9.68. The smallest absolute Gasteiger partial charge is 0.126 e. The van der Waals surface area contributed by atoms with E-state index in [1.165, 1.54) is 5.57 Å². The molecule has 0 fully saturated rings. The Morgan fingerprint density at radius 2 is 1.68 bits per heavy atom. The first-order chi connectivity index (χ1) is 11.5. The van der Waals surface area contributed by atoms with Gasteiger partial charge in [0.15, 0.2) is 0 Å². The van der Waals surface area contributed by atoms with Crippen molar-refractivity contribution in [2.45, 2.75) is 47.2 Å². The SMILES string of the molecule is CC(C)(C)C1=CC[C-]=C1.CC=CC=COc1ccccc1.C[SiH]C.[Ti]. The summed E-state index contributed by atoms with van der Waals surface area (Å²) in [5.74, 6) is 0.859. The van der Waals surface area contributed by atoms with E-state index in [2.05, 4.69) is 52.1 Å². The minimum atomic E-state index is 0. The van der Waals surface area contributed by atoms with Gasteiger partial charge in [0, 0.05) is 31.2 Å². The van der Waals surface area contributed by atoms with Crippen molar-refractivity contribution in [2.24, 2.45) is 5.41 Å². The summed E-state index contributed by atoms with van der Waals surface area (Å²) in [6.45, 7) is 13.1. The number of rotatable bonds is 3. The third-order valence-corrected chi connectivity index (χ3v) is 2.89. The first-order valence-corrected chi connectivity index (χ1v) is 10.8. The van der Waals surface area contributed by atoms with Crippen LogP contribution in [-0.4, -0.2) is 9.52 Å². The topological polar surface area (TPSA) is 9.23 Å². The zero-order valence-corrected chi connectivity index (χ0v) is 19.3. The van der Waals surface area contributed by atoms with E-state index in [4.69, 9.17) is 4.74 Å². The Labute approximate surface area is 172 Å². The van der Waals surface area contributed by atoms with E-state index in [1.807, 2.05) is 55.5 Å². The summed E-state index contributed by atoms with van der Waals surface area (Å²) < 4.78 is 5.28. The van der Waals surface area contributed by atoms with E-state index in [-0.39, 0.29) is 21.7 Å². The van der Waals surface area contributed by atoms with Crippen LogP contribution in [-0.2, 0) is 21.7 Å².